The van der Waals surface area contributed by atoms with Crippen molar-refractivity contribution in [2.45, 2.75) is 5.16 Å². The van der Waals surface area contributed by atoms with Crippen LogP contribution in [-0.4, -0.2) is 38.7 Å². The highest BCUT2D eigenvalue weighted by atomic mass is 32.2. The standard InChI is InChI=1S/C10H11N3O3S2/c1-13-10(18-5-7(14)15)11-9(12-13)8-6(16-2)3-4-17-8/h3-4H,5H2,1-2H3,(H,14,15). The Bertz CT molecular complexity index is 564. The molecule has 0 radical (unpaired) electrons. The first-order chi connectivity index (χ1) is 8.61. The first-order valence-electron chi connectivity index (χ1n) is 4.99. The Hall–Kier alpha value is -1.54. The lowest BCUT2D eigenvalue weighted by atomic mass is 10.4. The molecule has 0 fully saturated rings. The third-order valence-corrected chi connectivity index (χ3v) is 4.00. The zero-order valence-corrected chi connectivity index (χ0v) is 11.4. The van der Waals surface area contributed by atoms with E-state index < -0.39 is 5.97 Å². The molecule has 2 aromatic heterocycles. The van der Waals surface area contributed by atoms with Gasteiger partial charge < -0.3 is 9.84 Å². The van der Waals surface area contributed by atoms with Gasteiger partial charge in [-0.25, -0.2) is 4.68 Å². The third-order valence-electron chi connectivity index (χ3n) is 2.10. The van der Waals surface area contributed by atoms with Crippen LogP contribution in [0.4, 0.5) is 0 Å². The van der Waals surface area contributed by atoms with Crippen LogP contribution >= 0.6 is 23.1 Å². The van der Waals surface area contributed by atoms with E-state index in [-0.39, 0.29) is 5.75 Å². The number of carboxylic acid groups (broad SMARTS) is 1. The third kappa shape index (κ3) is 2.65. The van der Waals surface area contributed by atoms with Crippen LogP contribution in [-0.2, 0) is 11.8 Å². The number of ether oxygens (including phenoxy) is 1. The van der Waals surface area contributed by atoms with Crippen molar-refractivity contribution in [2.75, 3.05) is 12.9 Å². The second-order valence-corrected chi connectivity index (χ2v) is 5.20. The van der Waals surface area contributed by atoms with E-state index >= 15 is 0 Å². The van der Waals surface area contributed by atoms with Gasteiger partial charge in [-0.3, -0.25) is 4.79 Å². The van der Waals surface area contributed by atoms with Crippen LogP contribution in [0.3, 0.4) is 0 Å². The summed E-state index contributed by atoms with van der Waals surface area (Å²) in [7, 11) is 3.33. The maximum atomic E-state index is 10.5. The monoisotopic (exact) mass is 285 g/mol. The highest BCUT2D eigenvalue weighted by Gasteiger charge is 2.15. The molecule has 2 aromatic rings. The highest BCUT2D eigenvalue weighted by molar-refractivity contribution is 7.99. The second kappa shape index (κ2) is 5.40. The van der Waals surface area contributed by atoms with E-state index in [1.165, 1.54) is 11.3 Å². The van der Waals surface area contributed by atoms with Gasteiger partial charge in [-0.1, -0.05) is 11.8 Å². The molecule has 96 valence electrons. The zero-order chi connectivity index (χ0) is 13.1. The molecule has 2 heterocycles. The number of aromatic nitrogens is 3. The van der Waals surface area contributed by atoms with Gasteiger partial charge in [-0.2, -0.15) is 4.98 Å². The Labute approximate surface area is 112 Å². The zero-order valence-electron chi connectivity index (χ0n) is 9.78. The molecule has 6 nitrogen and oxygen atoms in total. The number of hydrogen-bond donors (Lipinski definition) is 1. The van der Waals surface area contributed by atoms with Crippen molar-refractivity contribution in [1.29, 1.82) is 0 Å². The van der Waals surface area contributed by atoms with Crippen molar-refractivity contribution in [3.8, 4) is 16.5 Å². The number of aliphatic carboxylic acids is 1. The topological polar surface area (TPSA) is 77.2 Å². The summed E-state index contributed by atoms with van der Waals surface area (Å²) in [6, 6.07) is 1.85. The minimum absolute atomic E-state index is 0.0342. The van der Waals surface area contributed by atoms with Crippen LogP contribution < -0.4 is 4.74 Å². The largest absolute Gasteiger partial charge is 0.495 e. The summed E-state index contributed by atoms with van der Waals surface area (Å²) in [5.41, 5.74) is 0. The summed E-state index contributed by atoms with van der Waals surface area (Å²) in [5, 5.41) is 15.4. The predicted octanol–water partition coefficient (Wildman–Crippen LogP) is 1.73. The average molecular weight is 285 g/mol. The van der Waals surface area contributed by atoms with Gasteiger partial charge in [0.1, 0.15) is 10.6 Å². The number of methoxy groups -OCH3 is 1. The van der Waals surface area contributed by atoms with Gasteiger partial charge in [0.25, 0.3) is 0 Å². The van der Waals surface area contributed by atoms with Gasteiger partial charge in [0, 0.05) is 7.05 Å². The lowest BCUT2D eigenvalue weighted by Gasteiger charge is -1.96. The molecule has 0 aliphatic rings. The lowest BCUT2D eigenvalue weighted by Crippen LogP contribution is -2.00. The minimum Gasteiger partial charge on any atom is -0.495 e. The Balaban J connectivity index is 2.25. The van der Waals surface area contributed by atoms with Gasteiger partial charge in [0.15, 0.2) is 11.0 Å². The SMILES string of the molecule is COc1ccsc1-c1nc(SCC(=O)O)n(C)n1. The molecule has 2 rings (SSSR count). The first kappa shape index (κ1) is 12.9. The van der Waals surface area contributed by atoms with Gasteiger partial charge in [-0.05, 0) is 11.4 Å². The van der Waals surface area contributed by atoms with Gasteiger partial charge in [0.05, 0.1) is 12.9 Å². The van der Waals surface area contributed by atoms with Crippen molar-refractivity contribution in [3.05, 3.63) is 11.4 Å². The molecule has 0 amide bonds. The Kier molecular flexibility index (Phi) is 3.87. The lowest BCUT2D eigenvalue weighted by molar-refractivity contribution is -0.133. The van der Waals surface area contributed by atoms with Crippen molar-refractivity contribution in [1.82, 2.24) is 14.8 Å². The maximum absolute atomic E-state index is 10.5. The summed E-state index contributed by atoms with van der Waals surface area (Å²) in [5.74, 6) is 0.365. The molecular weight excluding hydrogens is 274 g/mol. The quantitative estimate of drug-likeness (QED) is 0.843. The van der Waals surface area contributed by atoms with Crippen molar-refractivity contribution >= 4 is 29.1 Å². The molecule has 0 atom stereocenters. The fourth-order valence-corrected chi connectivity index (χ4v) is 2.76. The molecule has 0 saturated heterocycles. The number of carbonyl (C=O) groups is 1. The van der Waals surface area contributed by atoms with Crippen LogP contribution in [0.2, 0.25) is 0 Å². The number of carboxylic acids is 1. The van der Waals surface area contributed by atoms with Crippen molar-refractivity contribution in [2.24, 2.45) is 7.05 Å². The number of thiophene rings is 1. The highest BCUT2D eigenvalue weighted by Crippen LogP contribution is 2.34. The first-order valence-corrected chi connectivity index (χ1v) is 6.86. The summed E-state index contributed by atoms with van der Waals surface area (Å²) < 4.78 is 6.78. The van der Waals surface area contributed by atoms with E-state index in [1.54, 1.807) is 18.8 Å². The van der Waals surface area contributed by atoms with Crippen LogP contribution in [0.5, 0.6) is 5.75 Å². The number of rotatable bonds is 5. The van der Waals surface area contributed by atoms with E-state index in [2.05, 4.69) is 10.1 Å². The Morgan fingerprint density at radius 2 is 2.44 bits per heavy atom. The summed E-state index contributed by atoms with van der Waals surface area (Å²) in [6.07, 6.45) is 0. The molecule has 8 heteroatoms. The molecule has 0 aliphatic carbocycles. The van der Waals surface area contributed by atoms with Crippen molar-refractivity contribution < 1.29 is 14.6 Å². The molecule has 0 aliphatic heterocycles. The molecule has 1 N–H and O–H groups in total. The molecule has 0 saturated carbocycles. The molecular formula is C10H11N3O3S2. The van der Waals surface area contributed by atoms with Crippen LogP contribution in [0, 0.1) is 0 Å². The van der Waals surface area contributed by atoms with E-state index in [4.69, 9.17) is 9.84 Å². The van der Waals surface area contributed by atoms with E-state index in [9.17, 15) is 4.79 Å². The van der Waals surface area contributed by atoms with Crippen molar-refractivity contribution in [3.63, 3.8) is 0 Å². The number of hydrogen-bond acceptors (Lipinski definition) is 6. The summed E-state index contributed by atoms with van der Waals surface area (Å²) in [4.78, 5) is 15.7. The second-order valence-electron chi connectivity index (χ2n) is 3.34. The summed E-state index contributed by atoms with van der Waals surface area (Å²) in [6.45, 7) is 0. The minimum atomic E-state index is -0.877. The normalized spacial score (nSPS) is 10.6. The number of nitrogens with zero attached hydrogens (tertiary/aromatic N) is 3. The maximum Gasteiger partial charge on any atom is 0.313 e. The number of thioether (sulfide) groups is 1. The smallest absolute Gasteiger partial charge is 0.313 e. The van der Waals surface area contributed by atoms with Gasteiger partial charge in [0.2, 0.25) is 0 Å². The van der Waals surface area contributed by atoms with E-state index in [0.29, 0.717) is 11.0 Å². The van der Waals surface area contributed by atoms with E-state index in [0.717, 1.165) is 22.4 Å². The fourth-order valence-electron chi connectivity index (χ4n) is 1.34. The molecule has 0 spiro atoms. The van der Waals surface area contributed by atoms with Gasteiger partial charge >= 0.3 is 5.97 Å². The van der Waals surface area contributed by atoms with Gasteiger partial charge in [-0.15, -0.1) is 16.4 Å². The Morgan fingerprint density at radius 3 is 3.11 bits per heavy atom. The number of aryl methyl sites for hydroxylation is 1. The van der Waals surface area contributed by atoms with Crippen LogP contribution in [0.15, 0.2) is 16.6 Å². The molecule has 18 heavy (non-hydrogen) atoms. The Morgan fingerprint density at radius 1 is 1.67 bits per heavy atom. The summed E-state index contributed by atoms with van der Waals surface area (Å²) >= 11 is 2.63. The van der Waals surface area contributed by atoms with E-state index in [1.807, 2.05) is 11.4 Å². The molecule has 0 unspecified atom stereocenters. The predicted molar refractivity (Wildman–Crippen MR) is 69.2 cm³/mol. The molecule has 0 bridgehead atoms. The van der Waals surface area contributed by atoms with Crippen LogP contribution in [0.1, 0.15) is 0 Å². The van der Waals surface area contributed by atoms with Crippen LogP contribution in [0.25, 0.3) is 10.7 Å². The fraction of sp³-hybridized carbons (Fsp3) is 0.300. The molecule has 0 aromatic carbocycles. The average Bonchev–Trinajstić information content (AvgIpc) is 2.92.